The molecule has 0 bridgehead atoms. The van der Waals surface area contributed by atoms with Gasteiger partial charge < -0.3 is 4.98 Å². The molecule has 5 rings (SSSR count). The Morgan fingerprint density at radius 2 is 1.54 bits per heavy atom. The molecule has 0 aliphatic heterocycles. The van der Waals surface area contributed by atoms with Crippen molar-refractivity contribution in [2.24, 2.45) is 4.99 Å². The fourth-order valence-electron chi connectivity index (χ4n) is 3.54. The Bertz CT molecular complexity index is 1140. The number of fused-ring (bicyclic) bond motifs is 4. The van der Waals surface area contributed by atoms with Gasteiger partial charge in [0.05, 0.1) is 5.69 Å². The fraction of sp³-hybridized carbons (Fsp3) is 0.0455. The van der Waals surface area contributed by atoms with Gasteiger partial charge in [0.2, 0.25) is 0 Å². The monoisotopic (exact) mass is 308 g/mol. The molecule has 0 spiro atoms. The first kappa shape index (κ1) is 13.3. The van der Waals surface area contributed by atoms with Crippen LogP contribution in [0.1, 0.15) is 11.1 Å². The number of hydrogen-bond donors (Lipinski definition) is 1. The summed E-state index contributed by atoms with van der Waals surface area (Å²) in [6, 6.07) is 27.5. The quantitative estimate of drug-likeness (QED) is 0.453. The molecule has 0 atom stereocenters. The van der Waals surface area contributed by atoms with Gasteiger partial charge in [-0.05, 0) is 51.9 Å². The van der Waals surface area contributed by atoms with E-state index < -0.39 is 0 Å². The summed E-state index contributed by atoms with van der Waals surface area (Å²) in [6.45, 7) is 0. The average Bonchev–Trinajstić information content (AvgIpc) is 3.02. The first-order valence-corrected chi connectivity index (χ1v) is 8.21. The summed E-state index contributed by atoms with van der Waals surface area (Å²) in [5.41, 5.74) is 8.40. The lowest BCUT2D eigenvalue weighted by Crippen LogP contribution is -2.05. The fourth-order valence-corrected chi connectivity index (χ4v) is 3.54. The standard InChI is InChI=1S/C22H16N2/c1-3-8-17-16(7-1)14-19-18(17)9-5-11-21(19)24-22-13-12-15-6-2-4-10-20(15)23-22/h1-13H,14H2,(H,23,24). The predicted octanol–water partition coefficient (Wildman–Crippen LogP) is 4.97. The number of aromatic amines is 1. The lowest BCUT2D eigenvalue weighted by Gasteiger charge is -2.04. The minimum atomic E-state index is 0.887. The zero-order valence-corrected chi connectivity index (χ0v) is 13.2. The maximum atomic E-state index is 4.89. The van der Waals surface area contributed by atoms with Crippen LogP contribution in [0.2, 0.25) is 0 Å². The summed E-state index contributed by atoms with van der Waals surface area (Å²) in [7, 11) is 0. The third-order valence-electron chi connectivity index (χ3n) is 4.71. The van der Waals surface area contributed by atoms with E-state index in [-0.39, 0.29) is 0 Å². The van der Waals surface area contributed by atoms with E-state index in [1.54, 1.807) is 0 Å². The molecule has 1 heterocycles. The molecule has 114 valence electrons. The van der Waals surface area contributed by atoms with E-state index in [9.17, 15) is 0 Å². The number of hydrogen-bond acceptors (Lipinski definition) is 1. The highest BCUT2D eigenvalue weighted by Crippen LogP contribution is 2.40. The van der Waals surface area contributed by atoms with Crippen molar-refractivity contribution in [3.05, 3.63) is 95.5 Å². The molecule has 0 saturated carbocycles. The molecule has 0 saturated heterocycles. The van der Waals surface area contributed by atoms with Gasteiger partial charge >= 0.3 is 0 Å². The number of rotatable bonds is 1. The summed E-state index contributed by atoms with van der Waals surface area (Å²) < 4.78 is 0. The maximum Gasteiger partial charge on any atom is 0.131 e. The second kappa shape index (κ2) is 5.20. The molecule has 3 aromatic carbocycles. The van der Waals surface area contributed by atoms with Crippen LogP contribution in [0.5, 0.6) is 0 Å². The molecule has 0 fully saturated rings. The van der Waals surface area contributed by atoms with Crippen LogP contribution < -0.4 is 5.49 Å². The van der Waals surface area contributed by atoms with Gasteiger partial charge in [-0.2, -0.15) is 0 Å². The molecular formula is C22H16N2. The van der Waals surface area contributed by atoms with Crippen LogP contribution in [0, 0.1) is 0 Å². The third kappa shape index (κ3) is 2.08. The largest absolute Gasteiger partial charge is 0.340 e. The molecule has 2 heteroatoms. The van der Waals surface area contributed by atoms with Gasteiger partial charge in [0.1, 0.15) is 5.49 Å². The summed E-state index contributed by atoms with van der Waals surface area (Å²) >= 11 is 0. The summed E-state index contributed by atoms with van der Waals surface area (Å²) in [6.07, 6.45) is 0.957. The number of nitrogens with zero attached hydrogens (tertiary/aromatic N) is 1. The van der Waals surface area contributed by atoms with Crippen molar-refractivity contribution in [3.63, 3.8) is 0 Å². The molecule has 0 radical (unpaired) electrons. The average molecular weight is 308 g/mol. The van der Waals surface area contributed by atoms with Crippen molar-refractivity contribution in [2.45, 2.75) is 6.42 Å². The molecule has 2 nitrogen and oxygen atoms in total. The van der Waals surface area contributed by atoms with Gasteiger partial charge in [-0.3, -0.25) is 0 Å². The minimum absolute atomic E-state index is 0.887. The van der Waals surface area contributed by atoms with Gasteiger partial charge in [0.15, 0.2) is 0 Å². The number of nitrogens with one attached hydrogen (secondary N) is 1. The SMILES string of the molecule is c1ccc2c(c1)Cc1c(N=c3ccc4ccccc4[nH]3)cccc1-2. The molecule has 1 aliphatic carbocycles. The molecule has 0 unspecified atom stereocenters. The van der Waals surface area contributed by atoms with Gasteiger partial charge in [0, 0.05) is 11.9 Å². The summed E-state index contributed by atoms with van der Waals surface area (Å²) in [5, 5.41) is 1.20. The lowest BCUT2D eigenvalue weighted by atomic mass is 10.1. The Labute approximate surface area is 140 Å². The molecule has 1 aromatic heterocycles. The van der Waals surface area contributed by atoms with E-state index in [1.807, 2.05) is 18.2 Å². The van der Waals surface area contributed by atoms with Gasteiger partial charge in [-0.1, -0.05) is 54.6 Å². The first-order valence-electron chi connectivity index (χ1n) is 8.21. The number of H-pyrrole nitrogens is 1. The molecule has 1 N–H and O–H groups in total. The van der Waals surface area contributed by atoms with E-state index in [4.69, 9.17) is 4.99 Å². The Morgan fingerprint density at radius 1 is 0.708 bits per heavy atom. The zero-order valence-electron chi connectivity index (χ0n) is 13.2. The van der Waals surface area contributed by atoms with Crippen LogP contribution in [-0.4, -0.2) is 4.98 Å². The predicted molar refractivity (Wildman–Crippen MR) is 98.2 cm³/mol. The smallest absolute Gasteiger partial charge is 0.131 e. The molecule has 1 aliphatic rings. The van der Waals surface area contributed by atoms with Crippen LogP contribution in [0.4, 0.5) is 5.69 Å². The van der Waals surface area contributed by atoms with E-state index in [0.29, 0.717) is 0 Å². The Balaban J connectivity index is 1.68. The Hall–Kier alpha value is -3.13. The van der Waals surface area contributed by atoms with Crippen molar-refractivity contribution in [3.8, 4) is 11.1 Å². The van der Waals surface area contributed by atoms with Crippen molar-refractivity contribution in [2.75, 3.05) is 0 Å². The van der Waals surface area contributed by atoms with Crippen LogP contribution in [-0.2, 0) is 6.42 Å². The van der Waals surface area contributed by atoms with E-state index in [2.05, 4.69) is 65.6 Å². The maximum absolute atomic E-state index is 4.89. The van der Waals surface area contributed by atoms with Crippen molar-refractivity contribution >= 4 is 16.6 Å². The normalized spacial score (nSPS) is 13.1. The number of para-hydroxylation sites is 1. The van der Waals surface area contributed by atoms with Crippen molar-refractivity contribution in [1.82, 2.24) is 4.98 Å². The Kier molecular flexibility index (Phi) is 2.89. The second-order valence-electron chi connectivity index (χ2n) is 6.18. The number of aromatic nitrogens is 1. The van der Waals surface area contributed by atoms with Gasteiger partial charge in [-0.15, -0.1) is 0 Å². The van der Waals surface area contributed by atoms with E-state index in [0.717, 1.165) is 23.1 Å². The Morgan fingerprint density at radius 3 is 2.54 bits per heavy atom. The molecular weight excluding hydrogens is 292 g/mol. The highest BCUT2D eigenvalue weighted by Gasteiger charge is 2.19. The zero-order chi connectivity index (χ0) is 15.9. The highest BCUT2D eigenvalue weighted by molar-refractivity contribution is 5.81. The molecule has 4 aromatic rings. The molecule has 0 amide bonds. The van der Waals surface area contributed by atoms with Gasteiger partial charge in [-0.25, -0.2) is 4.99 Å². The summed E-state index contributed by atoms with van der Waals surface area (Å²) in [5.74, 6) is 0. The van der Waals surface area contributed by atoms with Crippen LogP contribution in [0.15, 0.2) is 83.9 Å². The van der Waals surface area contributed by atoms with Crippen molar-refractivity contribution < 1.29 is 0 Å². The topological polar surface area (TPSA) is 28.1 Å². The number of benzene rings is 3. The third-order valence-corrected chi connectivity index (χ3v) is 4.71. The lowest BCUT2D eigenvalue weighted by molar-refractivity contribution is 1.16. The highest BCUT2D eigenvalue weighted by atomic mass is 14.8. The second-order valence-corrected chi connectivity index (χ2v) is 6.18. The number of pyridine rings is 1. The van der Waals surface area contributed by atoms with E-state index >= 15 is 0 Å². The van der Waals surface area contributed by atoms with Crippen LogP contribution in [0.25, 0.3) is 22.0 Å². The minimum Gasteiger partial charge on any atom is -0.340 e. The molecule has 24 heavy (non-hydrogen) atoms. The van der Waals surface area contributed by atoms with Crippen molar-refractivity contribution in [1.29, 1.82) is 0 Å². The van der Waals surface area contributed by atoms with Gasteiger partial charge in [0.25, 0.3) is 0 Å². The van der Waals surface area contributed by atoms with E-state index in [1.165, 1.54) is 27.6 Å². The van der Waals surface area contributed by atoms with Crippen LogP contribution >= 0.6 is 0 Å². The summed E-state index contributed by atoms with van der Waals surface area (Å²) in [4.78, 5) is 8.31. The first-order chi connectivity index (χ1) is 11.9. The van der Waals surface area contributed by atoms with Crippen LogP contribution in [0.3, 0.4) is 0 Å².